The summed E-state index contributed by atoms with van der Waals surface area (Å²) in [7, 11) is -2.39. The average Bonchev–Trinajstić information content (AvgIpc) is 2.71. The number of likely N-dealkylation sites (N-methyl/N-ethyl adjacent to an activating group) is 1. The topological polar surface area (TPSA) is 95.6 Å². The summed E-state index contributed by atoms with van der Waals surface area (Å²) in [4.78, 5) is 24.1. The summed E-state index contributed by atoms with van der Waals surface area (Å²) in [6.07, 6.45) is 1.15. The van der Waals surface area contributed by atoms with Gasteiger partial charge in [-0.2, -0.15) is 4.31 Å². The van der Waals surface area contributed by atoms with Crippen LogP contribution in [-0.4, -0.2) is 37.6 Å². The van der Waals surface area contributed by atoms with Crippen LogP contribution in [-0.2, 0) is 39.0 Å². The van der Waals surface area contributed by atoms with Crippen LogP contribution in [0.5, 0.6) is 0 Å². The van der Waals surface area contributed by atoms with Crippen LogP contribution < -0.4 is 10.6 Å². The number of hydrogen-bond donors (Lipinski definition) is 2. The lowest BCUT2D eigenvalue weighted by molar-refractivity contribution is -0.124. The fourth-order valence-corrected chi connectivity index (χ4v) is 5.41. The Kier molecular flexibility index (Phi) is 4.68. The maximum atomic E-state index is 13.4. The maximum absolute atomic E-state index is 13.4. The number of carbonyl (C=O) groups excluding carboxylic acids is 2. The molecule has 2 heterocycles. The Labute approximate surface area is 163 Å². The van der Waals surface area contributed by atoms with Gasteiger partial charge in [0, 0.05) is 25.7 Å². The lowest BCUT2D eigenvalue weighted by atomic mass is 9.95. The molecule has 2 aromatic rings. The van der Waals surface area contributed by atoms with Gasteiger partial charge in [0.25, 0.3) is 0 Å². The third-order valence-corrected chi connectivity index (χ3v) is 7.18. The maximum Gasteiger partial charge on any atom is 0.244 e. The molecule has 1 atom stereocenters. The minimum absolute atomic E-state index is 0.0737. The number of amides is 2. The molecule has 4 rings (SSSR count). The summed E-state index contributed by atoms with van der Waals surface area (Å²) in [5.41, 5.74) is 3.31. The van der Waals surface area contributed by atoms with Gasteiger partial charge in [-0.1, -0.05) is 24.3 Å². The molecule has 7 nitrogen and oxygen atoms in total. The molecule has 2 amide bonds. The van der Waals surface area contributed by atoms with Crippen LogP contribution >= 0.6 is 0 Å². The predicted molar refractivity (Wildman–Crippen MR) is 104 cm³/mol. The number of nitrogens with zero attached hydrogens (tertiary/aromatic N) is 1. The van der Waals surface area contributed by atoms with E-state index in [0.717, 1.165) is 16.7 Å². The van der Waals surface area contributed by atoms with Crippen LogP contribution in [0.25, 0.3) is 0 Å². The minimum atomic E-state index is -3.90. The largest absolute Gasteiger partial charge is 0.358 e. The van der Waals surface area contributed by atoms with E-state index in [1.54, 1.807) is 12.1 Å². The van der Waals surface area contributed by atoms with Crippen molar-refractivity contribution in [1.29, 1.82) is 0 Å². The van der Waals surface area contributed by atoms with E-state index in [-0.39, 0.29) is 23.3 Å². The molecule has 2 aliphatic rings. The molecular weight excluding hydrogens is 378 g/mol. The standard InChI is InChI=1S/C20H21N3O4S/c1-21-20(25)18-11-13-4-2-3-5-15(13)12-23(18)28(26,27)16-7-8-17-14(10-16)6-9-19(24)22-17/h2-5,7-8,10,18H,6,9,11-12H2,1H3,(H,21,25)(H,22,24)/t18-/m1/s1. The van der Waals surface area contributed by atoms with Crippen molar-refractivity contribution in [2.75, 3.05) is 12.4 Å². The fraction of sp³-hybridized carbons (Fsp3) is 0.300. The van der Waals surface area contributed by atoms with Gasteiger partial charge in [0.1, 0.15) is 6.04 Å². The van der Waals surface area contributed by atoms with Crippen molar-refractivity contribution in [3.8, 4) is 0 Å². The van der Waals surface area contributed by atoms with Gasteiger partial charge in [0.2, 0.25) is 21.8 Å². The van der Waals surface area contributed by atoms with E-state index in [1.165, 1.54) is 17.4 Å². The zero-order valence-electron chi connectivity index (χ0n) is 15.4. The van der Waals surface area contributed by atoms with Crippen LogP contribution in [0.1, 0.15) is 23.1 Å². The van der Waals surface area contributed by atoms with Crippen LogP contribution in [0.15, 0.2) is 47.4 Å². The third-order valence-electron chi connectivity index (χ3n) is 5.33. The first-order chi connectivity index (χ1) is 13.4. The van der Waals surface area contributed by atoms with Crippen molar-refractivity contribution in [3.63, 3.8) is 0 Å². The second kappa shape index (κ2) is 7.03. The number of hydrogen-bond acceptors (Lipinski definition) is 4. The first-order valence-corrected chi connectivity index (χ1v) is 10.6. The lowest BCUT2D eigenvalue weighted by Crippen LogP contribution is -2.51. The number of carbonyl (C=O) groups is 2. The van der Waals surface area contributed by atoms with Crippen molar-refractivity contribution in [1.82, 2.24) is 9.62 Å². The van der Waals surface area contributed by atoms with Gasteiger partial charge < -0.3 is 10.6 Å². The summed E-state index contributed by atoms with van der Waals surface area (Å²) < 4.78 is 28.1. The molecular formula is C20H21N3O4S. The third kappa shape index (κ3) is 3.18. The van der Waals surface area contributed by atoms with Crippen LogP contribution in [0, 0.1) is 0 Å². The highest BCUT2D eigenvalue weighted by Crippen LogP contribution is 2.32. The molecule has 0 radical (unpaired) electrons. The van der Waals surface area contributed by atoms with E-state index in [2.05, 4.69) is 10.6 Å². The van der Waals surface area contributed by atoms with Crippen LogP contribution in [0.2, 0.25) is 0 Å². The van der Waals surface area contributed by atoms with Crippen molar-refractivity contribution in [3.05, 3.63) is 59.2 Å². The average molecular weight is 399 g/mol. The second-order valence-corrected chi connectivity index (χ2v) is 8.91. The number of fused-ring (bicyclic) bond motifs is 2. The highest BCUT2D eigenvalue weighted by Gasteiger charge is 2.39. The Hall–Kier alpha value is -2.71. The highest BCUT2D eigenvalue weighted by atomic mass is 32.2. The molecule has 0 saturated carbocycles. The van der Waals surface area contributed by atoms with Crippen LogP contribution in [0.3, 0.4) is 0 Å². The number of rotatable bonds is 3. The summed E-state index contributed by atoms with van der Waals surface area (Å²) in [6, 6.07) is 11.5. The molecule has 0 unspecified atom stereocenters. The van der Waals surface area contributed by atoms with Gasteiger partial charge in [-0.3, -0.25) is 9.59 Å². The molecule has 0 spiro atoms. The summed E-state index contributed by atoms with van der Waals surface area (Å²) in [5.74, 6) is -0.404. The Morgan fingerprint density at radius 2 is 1.86 bits per heavy atom. The van der Waals surface area contributed by atoms with Crippen molar-refractivity contribution < 1.29 is 18.0 Å². The van der Waals surface area contributed by atoms with E-state index in [1.807, 2.05) is 24.3 Å². The monoisotopic (exact) mass is 399 g/mol. The Balaban J connectivity index is 1.75. The van der Waals surface area contributed by atoms with Crippen molar-refractivity contribution >= 4 is 27.5 Å². The van der Waals surface area contributed by atoms with Gasteiger partial charge >= 0.3 is 0 Å². The molecule has 0 aliphatic carbocycles. The molecule has 2 aliphatic heterocycles. The van der Waals surface area contributed by atoms with E-state index in [0.29, 0.717) is 24.9 Å². The van der Waals surface area contributed by atoms with E-state index in [9.17, 15) is 18.0 Å². The molecule has 0 bridgehead atoms. The SMILES string of the molecule is CNC(=O)[C@H]1Cc2ccccc2CN1S(=O)(=O)c1ccc2c(c1)CCC(=O)N2. The number of aryl methyl sites for hydroxylation is 1. The molecule has 0 fully saturated rings. The first kappa shape index (κ1) is 18.6. The molecule has 2 N–H and O–H groups in total. The van der Waals surface area contributed by atoms with Crippen molar-refractivity contribution in [2.45, 2.75) is 36.7 Å². The molecule has 0 saturated heterocycles. The van der Waals surface area contributed by atoms with Crippen molar-refractivity contribution in [2.24, 2.45) is 0 Å². The van der Waals surface area contributed by atoms with Gasteiger partial charge in [0.15, 0.2) is 0 Å². The van der Waals surface area contributed by atoms with E-state index in [4.69, 9.17) is 0 Å². The lowest BCUT2D eigenvalue weighted by Gasteiger charge is -2.35. The smallest absolute Gasteiger partial charge is 0.244 e. The number of anilines is 1. The number of nitrogens with one attached hydrogen (secondary N) is 2. The molecule has 8 heteroatoms. The molecule has 0 aromatic heterocycles. The van der Waals surface area contributed by atoms with Gasteiger partial charge in [-0.15, -0.1) is 0 Å². The second-order valence-electron chi connectivity index (χ2n) is 7.02. The number of sulfonamides is 1. The summed E-state index contributed by atoms with van der Waals surface area (Å²) in [5, 5.41) is 5.34. The predicted octanol–water partition coefficient (Wildman–Crippen LogP) is 1.43. The van der Waals surface area contributed by atoms with Gasteiger partial charge in [-0.25, -0.2) is 8.42 Å². The Bertz CT molecular complexity index is 1060. The zero-order valence-corrected chi connectivity index (χ0v) is 16.3. The summed E-state index contributed by atoms with van der Waals surface area (Å²) in [6.45, 7) is 0.143. The minimum Gasteiger partial charge on any atom is -0.358 e. The normalized spacial score (nSPS) is 19.3. The van der Waals surface area contributed by atoms with Crippen LogP contribution in [0.4, 0.5) is 5.69 Å². The van der Waals surface area contributed by atoms with E-state index >= 15 is 0 Å². The molecule has 146 valence electrons. The molecule has 2 aromatic carbocycles. The Morgan fingerprint density at radius 1 is 1.11 bits per heavy atom. The Morgan fingerprint density at radius 3 is 2.61 bits per heavy atom. The number of benzene rings is 2. The van der Waals surface area contributed by atoms with E-state index < -0.39 is 16.1 Å². The van der Waals surface area contributed by atoms with Gasteiger partial charge in [-0.05, 0) is 47.7 Å². The molecule has 28 heavy (non-hydrogen) atoms. The highest BCUT2D eigenvalue weighted by molar-refractivity contribution is 7.89. The summed E-state index contributed by atoms with van der Waals surface area (Å²) >= 11 is 0. The zero-order chi connectivity index (χ0) is 19.9. The van der Waals surface area contributed by atoms with Gasteiger partial charge in [0.05, 0.1) is 4.90 Å². The first-order valence-electron chi connectivity index (χ1n) is 9.13. The quantitative estimate of drug-likeness (QED) is 0.816. The fourth-order valence-electron chi connectivity index (χ4n) is 3.80.